The van der Waals surface area contributed by atoms with Crippen LogP contribution in [0.1, 0.15) is 39.0 Å². The van der Waals surface area contributed by atoms with Gasteiger partial charge in [0, 0.05) is 31.3 Å². The molecule has 0 aromatic heterocycles. The van der Waals surface area contributed by atoms with Crippen LogP contribution in [0.15, 0.2) is 35.2 Å². The summed E-state index contributed by atoms with van der Waals surface area (Å²) in [7, 11) is -2.19. The van der Waals surface area contributed by atoms with Crippen LogP contribution >= 0.6 is 0 Å². The molecule has 0 fully saturated rings. The van der Waals surface area contributed by atoms with Crippen molar-refractivity contribution >= 4 is 27.5 Å². The Kier molecular flexibility index (Phi) is 7.16. The topological polar surface area (TPSA) is 104 Å². The molecule has 0 aliphatic rings. The summed E-state index contributed by atoms with van der Waals surface area (Å²) in [5, 5.41) is 5.21. The van der Waals surface area contributed by atoms with Crippen LogP contribution in [0, 0.1) is 27.7 Å². The first-order valence-corrected chi connectivity index (χ1v) is 10.7. The highest BCUT2D eigenvalue weighted by molar-refractivity contribution is 7.89. The van der Waals surface area contributed by atoms with Crippen molar-refractivity contribution in [3.63, 3.8) is 0 Å². The molecule has 7 nitrogen and oxygen atoms in total. The molecule has 2 aromatic carbocycles. The highest BCUT2D eigenvalue weighted by atomic mass is 32.2. The number of hydrogen-bond acceptors (Lipinski definition) is 4. The molecule has 0 radical (unpaired) electrons. The van der Waals surface area contributed by atoms with Gasteiger partial charge in [-0.2, -0.15) is 0 Å². The van der Waals surface area contributed by atoms with Crippen LogP contribution in [-0.4, -0.2) is 33.8 Å². The standard InChI is InChI=1S/C21H27N3O4S/c1-13-12-14(2)16(4)20(15(13)3)29(27,28)23-11-10-19(25)24-18-8-6-17(7-9-18)21(26)22-5/h6-9,12,23H,10-11H2,1-5H3,(H,22,26)(H,24,25). The lowest BCUT2D eigenvalue weighted by molar-refractivity contribution is -0.116. The lowest BCUT2D eigenvalue weighted by Crippen LogP contribution is -2.29. The zero-order valence-electron chi connectivity index (χ0n) is 17.3. The summed E-state index contributed by atoms with van der Waals surface area (Å²) >= 11 is 0. The lowest BCUT2D eigenvalue weighted by atomic mass is 10.0. The molecule has 0 unspecified atom stereocenters. The number of hydrogen-bond donors (Lipinski definition) is 3. The molecule has 2 aromatic rings. The van der Waals surface area contributed by atoms with E-state index in [1.165, 1.54) is 0 Å². The highest BCUT2D eigenvalue weighted by Gasteiger charge is 2.22. The molecule has 8 heteroatoms. The smallest absolute Gasteiger partial charge is 0.251 e. The van der Waals surface area contributed by atoms with Crippen molar-refractivity contribution in [3.8, 4) is 0 Å². The summed E-state index contributed by atoms with van der Waals surface area (Å²) in [6, 6.07) is 8.40. The van der Waals surface area contributed by atoms with Gasteiger partial charge in [-0.1, -0.05) is 6.07 Å². The minimum absolute atomic E-state index is 0.0146. The van der Waals surface area contributed by atoms with Gasteiger partial charge in [0.25, 0.3) is 5.91 Å². The number of amides is 2. The molecule has 2 rings (SSSR count). The fourth-order valence-corrected chi connectivity index (χ4v) is 4.67. The number of benzene rings is 2. The predicted octanol–water partition coefficient (Wildman–Crippen LogP) is 2.59. The van der Waals surface area contributed by atoms with Gasteiger partial charge >= 0.3 is 0 Å². The van der Waals surface area contributed by atoms with E-state index in [0.29, 0.717) is 22.4 Å². The van der Waals surface area contributed by atoms with E-state index in [4.69, 9.17) is 0 Å². The zero-order chi connectivity index (χ0) is 21.8. The summed E-state index contributed by atoms with van der Waals surface area (Å²) in [4.78, 5) is 23.9. The van der Waals surface area contributed by atoms with Gasteiger partial charge in [0.15, 0.2) is 0 Å². The molecule has 0 spiro atoms. The molecular formula is C21H27N3O4S. The average molecular weight is 418 g/mol. The molecule has 0 bridgehead atoms. The molecule has 2 amide bonds. The van der Waals surface area contributed by atoms with Crippen molar-refractivity contribution in [3.05, 3.63) is 58.1 Å². The second kappa shape index (κ2) is 9.19. The molecule has 0 aliphatic carbocycles. The van der Waals surface area contributed by atoms with E-state index >= 15 is 0 Å². The molecule has 3 N–H and O–H groups in total. The normalized spacial score (nSPS) is 11.2. The van der Waals surface area contributed by atoms with Crippen LogP contribution in [0.25, 0.3) is 0 Å². The van der Waals surface area contributed by atoms with Gasteiger partial charge in [-0.25, -0.2) is 13.1 Å². The maximum absolute atomic E-state index is 12.8. The van der Waals surface area contributed by atoms with Crippen LogP contribution in [-0.2, 0) is 14.8 Å². The molecule has 0 saturated heterocycles. The van der Waals surface area contributed by atoms with Crippen molar-refractivity contribution in [1.82, 2.24) is 10.0 Å². The largest absolute Gasteiger partial charge is 0.355 e. The maximum Gasteiger partial charge on any atom is 0.251 e. The maximum atomic E-state index is 12.8. The minimum Gasteiger partial charge on any atom is -0.355 e. The number of rotatable bonds is 7. The third kappa shape index (κ3) is 5.42. The van der Waals surface area contributed by atoms with Crippen LogP contribution in [0.3, 0.4) is 0 Å². The second-order valence-electron chi connectivity index (χ2n) is 6.94. The SMILES string of the molecule is CNC(=O)c1ccc(NC(=O)CCNS(=O)(=O)c2c(C)c(C)cc(C)c2C)cc1. The summed E-state index contributed by atoms with van der Waals surface area (Å²) in [6.07, 6.45) is -0.0146. The van der Waals surface area contributed by atoms with E-state index in [9.17, 15) is 18.0 Å². The molecule has 156 valence electrons. The summed E-state index contributed by atoms with van der Waals surface area (Å²) in [6.45, 7) is 7.31. The Bertz CT molecular complexity index is 1000. The van der Waals surface area contributed by atoms with Crippen LogP contribution in [0.5, 0.6) is 0 Å². The van der Waals surface area contributed by atoms with E-state index < -0.39 is 10.0 Å². The van der Waals surface area contributed by atoms with E-state index in [-0.39, 0.29) is 29.7 Å². The Morgan fingerprint density at radius 1 is 0.931 bits per heavy atom. The fourth-order valence-electron chi connectivity index (χ4n) is 3.03. The highest BCUT2D eigenvalue weighted by Crippen LogP contribution is 2.25. The quantitative estimate of drug-likeness (QED) is 0.644. The Labute approximate surface area is 172 Å². The third-order valence-electron chi connectivity index (χ3n) is 4.87. The predicted molar refractivity (Wildman–Crippen MR) is 114 cm³/mol. The van der Waals surface area contributed by atoms with E-state index in [1.807, 2.05) is 19.9 Å². The second-order valence-corrected chi connectivity index (χ2v) is 8.65. The first-order chi connectivity index (χ1) is 13.6. The van der Waals surface area contributed by atoms with Gasteiger partial charge in [-0.3, -0.25) is 9.59 Å². The number of nitrogens with one attached hydrogen (secondary N) is 3. The molecule has 29 heavy (non-hydrogen) atoms. The Morgan fingerprint density at radius 3 is 2.00 bits per heavy atom. The zero-order valence-corrected chi connectivity index (χ0v) is 18.2. The van der Waals surface area contributed by atoms with E-state index in [2.05, 4.69) is 15.4 Å². The minimum atomic E-state index is -3.73. The Hall–Kier alpha value is -2.71. The Balaban J connectivity index is 1.99. The number of sulfonamides is 1. The van der Waals surface area contributed by atoms with E-state index in [0.717, 1.165) is 11.1 Å². The van der Waals surface area contributed by atoms with Gasteiger partial charge in [-0.15, -0.1) is 0 Å². The summed E-state index contributed by atoms with van der Waals surface area (Å²) in [5.41, 5.74) is 4.25. The van der Waals surface area contributed by atoms with Crippen molar-refractivity contribution < 1.29 is 18.0 Å². The molecule has 0 aliphatic heterocycles. The van der Waals surface area contributed by atoms with Crippen molar-refractivity contribution in [2.75, 3.05) is 18.9 Å². The first-order valence-electron chi connectivity index (χ1n) is 9.26. The fraction of sp³-hybridized carbons (Fsp3) is 0.333. The van der Waals surface area contributed by atoms with E-state index in [1.54, 1.807) is 45.2 Å². The molecule has 0 saturated carbocycles. The third-order valence-corrected chi connectivity index (χ3v) is 6.60. The lowest BCUT2D eigenvalue weighted by Gasteiger charge is -2.16. The van der Waals surface area contributed by atoms with Crippen LogP contribution in [0.2, 0.25) is 0 Å². The van der Waals surface area contributed by atoms with Gasteiger partial charge in [0.2, 0.25) is 15.9 Å². The van der Waals surface area contributed by atoms with Gasteiger partial charge < -0.3 is 10.6 Å². The number of anilines is 1. The van der Waals surface area contributed by atoms with Gasteiger partial charge in [0.1, 0.15) is 0 Å². The van der Waals surface area contributed by atoms with Gasteiger partial charge in [-0.05, 0) is 74.2 Å². The van der Waals surface area contributed by atoms with Crippen molar-refractivity contribution in [2.45, 2.75) is 39.0 Å². The number of aryl methyl sites for hydroxylation is 2. The monoisotopic (exact) mass is 417 g/mol. The first kappa shape index (κ1) is 22.6. The molecule has 0 heterocycles. The average Bonchev–Trinajstić information content (AvgIpc) is 2.66. The van der Waals surface area contributed by atoms with Crippen LogP contribution < -0.4 is 15.4 Å². The number of carbonyl (C=O) groups is 2. The van der Waals surface area contributed by atoms with Crippen LogP contribution in [0.4, 0.5) is 5.69 Å². The Morgan fingerprint density at radius 2 is 1.48 bits per heavy atom. The molecular weight excluding hydrogens is 390 g/mol. The summed E-state index contributed by atoms with van der Waals surface area (Å²) in [5.74, 6) is -0.538. The van der Waals surface area contributed by atoms with Crippen molar-refractivity contribution in [1.29, 1.82) is 0 Å². The summed E-state index contributed by atoms with van der Waals surface area (Å²) < 4.78 is 28.1. The number of carbonyl (C=O) groups excluding carboxylic acids is 2. The molecule has 0 atom stereocenters. The van der Waals surface area contributed by atoms with Gasteiger partial charge in [0.05, 0.1) is 4.90 Å². The van der Waals surface area contributed by atoms with Crippen molar-refractivity contribution in [2.24, 2.45) is 0 Å².